The number of carboxylic acids is 1. The van der Waals surface area contributed by atoms with E-state index < -0.39 is 5.97 Å². The van der Waals surface area contributed by atoms with Crippen molar-refractivity contribution in [1.82, 2.24) is 0 Å². The summed E-state index contributed by atoms with van der Waals surface area (Å²) in [7, 11) is 0. The summed E-state index contributed by atoms with van der Waals surface area (Å²) in [6.07, 6.45) is 2.35. The molecule has 0 aliphatic carbocycles. The van der Waals surface area contributed by atoms with Gasteiger partial charge in [0.05, 0.1) is 5.75 Å². The lowest BCUT2D eigenvalue weighted by Crippen LogP contribution is -1.95. The first-order valence-corrected chi connectivity index (χ1v) is 6.12. The van der Waals surface area contributed by atoms with Gasteiger partial charge in [-0.05, 0) is 18.6 Å². The quantitative estimate of drug-likeness (QED) is 0.810. The highest BCUT2D eigenvalue weighted by Crippen LogP contribution is 2.22. The molecule has 0 spiro atoms. The molecule has 4 heteroatoms. The molecule has 0 saturated carbocycles. The van der Waals surface area contributed by atoms with E-state index in [-0.39, 0.29) is 5.76 Å². The van der Waals surface area contributed by atoms with Gasteiger partial charge in [0.1, 0.15) is 5.76 Å². The largest absolute Gasteiger partial charge is 0.475 e. The van der Waals surface area contributed by atoms with Gasteiger partial charge in [0, 0.05) is 5.25 Å². The fourth-order valence-corrected chi connectivity index (χ4v) is 2.29. The maximum absolute atomic E-state index is 10.6. The van der Waals surface area contributed by atoms with Crippen LogP contribution >= 0.6 is 11.8 Å². The first kappa shape index (κ1) is 12.2. The maximum Gasteiger partial charge on any atom is 0.371 e. The van der Waals surface area contributed by atoms with E-state index in [0.717, 1.165) is 11.5 Å². The summed E-state index contributed by atoms with van der Waals surface area (Å²) in [5.41, 5.74) is 0. The highest BCUT2D eigenvalue weighted by Gasteiger charge is 2.09. The molecule has 1 atom stereocenters. The predicted octanol–water partition coefficient (Wildman–Crippen LogP) is 3.40. The monoisotopic (exact) mass is 228 g/mol. The molecule has 1 aromatic heterocycles. The Morgan fingerprint density at radius 3 is 2.87 bits per heavy atom. The summed E-state index contributed by atoms with van der Waals surface area (Å²) >= 11 is 1.79. The summed E-state index contributed by atoms with van der Waals surface area (Å²) < 4.78 is 5.15. The van der Waals surface area contributed by atoms with Crippen LogP contribution in [0.3, 0.4) is 0 Å². The molecule has 0 radical (unpaired) electrons. The van der Waals surface area contributed by atoms with Crippen LogP contribution in [0.2, 0.25) is 0 Å². The summed E-state index contributed by atoms with van der Waals surface area (Å²) in [6, 6.07) is 3.23. The number of carbonyl (C=O) groups is 1. The van der Waals surface area contributed by atoms with E-state index in [1.54, 1.807) is 17.8 Å². The van der Waals surface area contributed by atoms with Crippen molar-refractivity contribution < 1.29 is 14.3 Å². The Bertz CT molecular complexity index is 319. The molecule has 15 heavy (non-hydrogen) atoms. The Morgan fingerprint density at radius 2 is 2.33 bits per heavy atom. The summed E-state index contributed by atoms with van der Waals surface area (Å²) in [5, 5.41) is 9.25. The molecule has 3 nitrogen and oxygen atoms in total. The van der Waals surface area contributed by atoms with Crippen LogP contribution in [0, 0.1) is 0 Å². The van der Waals surface area contributed by atoms with Gasteiger partial charge in [-0.1, -0.05) is 20.3 Å². The van der Waals surface area contributed by atoms with E-state index in [9.17, 15) is 4.79 Å². The summed E-state index contributed by atoms with van der Waals surface area (Å²) in [4.78, 5) is 10.6. The number of aromatic carboxylic acids is 1. The normalized spacial score (nSPS) is 12.7. The molecule has 0 aliphatic rings. The van der Waals surface area contributed by atoms with Crippen molar-refractivity contribution in [3.63, 3.8) is 0 Å². The van der Waals surface area contributed by atoms with Crippen LogP contribution in [-0.4, -0.2) is 16.3 Å². The summed E-state index contributed by atoms with van der Waals surface area (Å²) in [6.45, 7) is 4.34. The predicted molar refractivity (Wildman–Crippen MR) is 61.3 cm³/mol. The number of furan rings is 1. The van der Waals surface area contributed by atoms with Crippen molar-refractivity contribution in [1.29, 1.82) is 0 Å². The van der Waals surface area contributed by atoms with Gasteiger partial charge in [0.15, 0.2) is 0 Å². The molecule has 1 rings (SSSR count). The maximum atomic E-state index is 10.6. The first-order valence-electron chi connectivity index (χ1n) is 5.07. The van der Waals surface area contributed by atoms with E-state index in [1.807, 2.05) is 0 Å². The average Bonchev–Trinajstić information content (AvgIpc) is 2.63. The molecule has 1 unspecified atom stereocenters. The Hall–Kier alpha value is -0.900. The van der Waals surface area contributed by atoms with E-state index in [0.29, 0.717) is 5.25 Å². The highest BCUT2D eigenvalue weighted by molar-refractivity contribution is 7.99. The van der Waals surface area contributed by atoms with Crippen LogP contribution in [0.25, 0.3) is 0 Å². The molecule has 0 bridgehead atoms. The minimum absolute atomic E-state index is 0.0220. The second kappa shape index (κ2) is 5.85. The van der Waals surface area contributed by atoms with Gasteiger partial charge in [-0.15, -0.1) is 0 Å². The third-order valence-corrected chi connectivity index (χ3v) is 3.33. The number of hydrogen-bond acceptors (Lipinski definition) is 3. The molecule has 1 heterocycles. The van der Waals surface area contributed by atoms with Gasteiger partial charge in [-0.3, -0.25) is 0 Å². The molecule has 84 valence electrons. The fraction of sp³-hybridized carbons (Fsp3) is 0.545. The lowest BCUT2D eigenvalue weighted by atomic mass is 10.3. The standard InChI is InChI=1S/C11H16O3S/c1-3-4-8(2)15-7-9-5-6-10(14-9)11(12)13/h5-6,8H,3-4,7H2,1-2H3,(H,12,13). The number of carboxylic acid groups (broad SMARTS) is 1. The minimum Gasteiger partial charge on any atom is -0.475 e. The molecular formula is C11H16O3S. The Balaban J connectivity index is 2.40. The van der Waals surface area contributed by atoms with Crippen LogP contribution in [-0.2, 0) is 5.75 Å². The first-order chi connectivity index (χ1) is 7.13. The van der Waals surface area contributed by atoms with E-state index in [1.165, 1.54) is 18.9 Å². The fourth-order valence-electron chi connectivity index (χ4n) is 1.28. The number of thioether (sulfide) groups is 1. The van der Waals surface area contributed by atoms with Crippen molar-refractivity contribution in [2.75, 3.05) is 0 Å². The molecule has 1 N–H and O–H groups in total. The van der Waals surface area contributed by atoms with Gasteiger partial charge >= 0.3 is 5.97 Å². The summed E-state index contributed by atoms with van der Waals surface area (Å²) in [5.74, 6) is 0.496. The molecular weight excluding hydrogens is 212 g/mol. The van der Waals surface area contributed by atoms with Crippen LogP contribution in [0.1, 0.15) is 43.0 Å². The van der Waals surface area contributed by atoms with Crippen molar-refractivity contribution >= 4 is 17.7 Å². The SMILES string of the molecule is CCCC(C)SCc1ccc(C(=O)O)o1. The third kappa shape index (κ3) is 4.00. The van der Waals surface area contributed by atoms with Gasteiger partial charge < -0.3 is 9.52 Å². The lowest BCUT2D eigenvalue weighted by molar-refractivity contribution is 0.0661. The zero-order valence-electron chi connectivity index (χ0n) is 9.03. The Morgan fingerprint density at radius 1 is 1.60 bits per heavy atom. The van der Waals surface area contributed by atoms with E-state index >= 15 is 0 Å². The zero-order chi connectivity index (χ0) is 11.3. The van der Waals surface area contributed by atoms with Crippen LogP contribution in [0.5, 0.6) is 0 Å². The van der Waals surface area contributed by atoms with Crippen LogP contribution in [0.15, 0.2) is 16.5 Å². The van der Waals surface area contributed by atoms with Crippen molar-refractivity contribution in [2.45, 2.75) is 37.7 Å². The second-order valence-corrected chi connectivity index (χ2v) is 4.91. The zero-order valence-corrected chi connectivity index (χ0v) is 9.84. The van der Waals surface area contributed by atoms with Crippen LogP contribution < -0.4 is 0 Å². The molecule has 0 fully saturated rings. The highest BCUT2D eigenvalue weighted by atomic mass is 32.2. The minimum atomic E-state index is -1.01. The number of hydrogen-bond donors (Lipinski definition) is 1. The van der Waals surface area contributed by atoms with Gasteiger partial charge in [-0.2, -0.15) is 11.8 Å². The average molecular weight is 228 g/mol. The third-order valence-electron chi connectivity index (χ3n) is 2.08. The Labute approximate surface area is 93.9 Å². The second-order valence-electron chi connectivity index (χ2n) is 3.48. The van der Waals surface area contributed by atoms with Gasteiger partial charge in [0.25, 0.3) is 0 Å². The number of rotatable bonds is 6. The Kier molecular flexibility index (Phi) is 4.75. The molecule has 0 saturated heterocycles. The molecule has 0 amide bonds. The molecule has 0 aliphatic heterocycles. The van der Waals surface area contributed by atoms with Crippen molar-refractivity contribution in [3.8, 4) is 0 Å². The smallest absolute Gasteiger partial charge is 0.371 e. The van der Waals surface area contributed by atoms with E-state index in [2.05, 4.69) is 13.8 Å². The molecule has 0 aromatic carbocycles. The molecule has 1 aromatic rings. The van der Waals surface area contributed by atoms with Crippen LogP contribution in [0.4, 0.5) is 0 Å². The lowest BCUT2D eigenvalue weighted by Gasteiger charge is -2.07. The van der Waals surface area contributed by atoms with Crippen molar-refractivity contribution in [3.05, 3.63) is 23.7 Å². The van der Waals surface area contributed by atoms with Gasteiger partial charge in [-0.25, -0.2) is 4.79 Å². The van der Waals surface area contributed by atoms with Gasteiger partial charge in [0.2, 0.25) is 5.76 Å². The van der Waals surface area contributed by atoms with Crippen molar-refractivity contribution in [2.24, 2.45) is 0 Å². The topological polar surface area (TPSA) is 50.4 Å². The van der Waals surface area contributed by atoms with E-state index in [4.69, 9.17) is 9.52 Å².